The second-order valence-electron chi connectivity index (χ2n) is 7.05. The number of benzene rings is 1. The van der Waals surface area contributed by atoms with Gasteiger partial charge in [-0.3, -0.25) is 0 Å². The zero-order valence-corrected chi connectivity index (χ0v) is 19.0. The summed E-state index contributed by atoms with van der Waals surface area (Å²) in [6.45, 7) is 2.70. The number of aromatic nitrogens is 1. The quantitative estimate of drug-likeness (QED) is 0.474. The lowest BCUT2D eigenvalue weighted by Gasteiger charge is -2.38. The summed E-state index contributed by atoms with van der Waals surface area (Å²) in [5.41, 5.74) is 2.27. The summed E-state index contributed by atoms with van der Waals surface area (Å²) >= 11 is 21.4. The minimum Gasteiger partial charge on any atom is -0.362 e. The van der Waals surface area contributed by atoms with Gasteiger partial charge < -0.3 is 10.6 Å². The van der Waals surface area contributed by atoms with Crippen molar-refractivity contribution in [1.82, 2.24) is 10.3 Å². The first-order chi connectivity index (χ1) is 12.9. The van der Waals surface area contributed by atoms with E-state index in [-0.39, 0.29) is 5.41 Å². The standard InChI is InChI=1S/C20H22BrCl2N3S/c1-13-16(23)11-24-18(17(13)21)26-19(27)25-12-20(8-3-2-4-9-20)14-6-5-7-15(22)10-14/h5-7,10-11H,2-4,8-9,12H2,1H3,(H2,24,25,26,27). The van der Waals surface area contributed by atoms with Crippen LogP contribution in [0.2, 0.25) is 10.0 Å². The minimum absolute atomic E-state index is 0.0511. The van der Waals surface area contributed by atoms with Crippen molar-refractivity contribution in [3.63, 3.8) is 0 Å². The predicted octanol–water partition coefficient (Wildman–Crippen LogP) is 6.65. The molecule has 144 valence electrons. The molecule has 1 aliphatic carbocycles. The van der Waals surface area contributed by atoms with Crippen molar-refractivity contribution >= 4 is 62.3 Å². The van der Waals surface area contributed by atoms with Gasteiger partial charge >= 0.3 is 0 Å². The highest BCUT2D eigenvalue weighted by molar-refractivity contribution is 9.10. The number of hydrogen-bond acceptors (Lipinski definition) is 2. The normalized spacial score (nSPS) is 16.0. The Morgan fingerprint density at radius 2 is 2.00 bits per heavy atom. The highest BCUT2D eigenvalue weighted by atomic mass is 79.9. The monoisotopic (exact) mass is 485 g/mol. The molecule has 0 amide bonds. The molecule has 1 aromatic heterocycles. The van der Waals surface area contributed by atoms with Crippen molar-refractivity contribution in [1.29, 1.82) is 0 Å². The van der Waals surface area contributed by atoms with Crippen LogP contribution in [0.25, 0.3) is 0 Å². The van der Waals surface area contributed by atoms with Gasteiger partial charge in [-0.05, 0) is 71.2 Å². The van der Waals surface area contributed by atoms with Crippen LogP contribution < -0.4 is 10.6 Å². The van der Waals surface area contributed by atoms with Crippen molar-refractivity contribution in [2.45, 2.75) is 44.4 Å². The highest BCUT2D eigenvalue weighted by Gasteiger charge is 2.34. The van der Waals surface area contributed by atoms with E-state index in [9.17, 15) is 0 Å². The third-order valence-corrected chi connectivity index (χ3v) is 7.10. The third kappa shape index (κ3) is 4.94. The van der Waals surface area contributed by atoms with E-state index >= 15 is 0 Å². The van der Waals surface area contributed by atoms with Gasteiger partial charge in [0.1, 0.15) is 5.82 Å². The van der Waals surface area contributed by atoms with Gasteiger partial charge in [0.05, 0.1) is 9.50 Å². The number of anilines is 1. The van der Waals surface area contributed by atoms with Crippen LogP contribution in [0.1, 0.15) is 43.2 Å². The summed E-state index contributed by atoms with van der Waals surface area (Å²) in [5.74, 6) is 0.662. The summed E-state index contributed by atoms with van der Waals surface area (Å²) in [5, 5.41) is 8.53. The second-order valence-corrected chi connectivity index (χ2v) is 9.10. The van der Waals surface area contributed by atoms with Crippen LogP contribution >= 0.6 is 51.3 Å². The molecule has 0 radical (unpaired) electrons. The summed E-state index contributed by atoms with van der Waals surface area (Å²) in [6.07, 6.45) is 7.61. The Morgan fingerprint density at radius 1 is 1.26 bits per heavy atom. The van der Waals surface area contributed by atoms with E-state index in [1.54, 1.807) is 6.20 Å². The topological polar surface area (TPSA) is 37.0 Å². The van der Waals surface area contributed by atoms with Crippen molar-refractivity contribution in [2.75, 3.05) is 11.9 Å². The molecule has 0 spiro atoms. The molecule has 1 heterocycles. The van der Waals surface area contributed by atoms with Gasteiger partial charge in [0.15, 0.2) is 5.11 Å². The Kier molecular flexibility index (Phi) is 7.01. The molecule has 2 aromatic rings. The lowest BCUT2D eigenvalue weighted by molar-refractivity contribution is 0.292. The zero-order chi connectivity index (χ0) is 19.4. The molecule has 7 heteroatoms. The van der Waals surface area contributed by atoms with E-state index in [1.807, 2.05) is 19.1 Å². The summed E-state index contributed by atoms with van der Waals surface area (Å²) in [7, 11) is 0. The SMILES string of the molecule is Cc1c(Cl)cnc(NC(=S)NCC2(c3cccc(Cl)c3)CCCCC2)c1Br. The van der Waals surface area contributed by atoms with Gasteiger partial charge in [0.25, 0.3) is 0 Å². The molecule has 3 nitrogen and oxygen atoms in total. The van der Waals surface area contributed by atoms with Crippen LogP contribution in [0.3, 0.4) is 0 Å². The lowest BCUT2D eigenvalue weighted by Crippen LogP contribution is -2.43. The van der Waals surface area contributed by atoms with Gasteiger partial charge in [0.2, 0.25) is 0 Å². The van der Waals surface area contributed by atoms with Crippen molar-refractivity contribution in [3.05, 3.63) is 56.1 Å². The van der Waals surface area contributed by atoms with Crippen LogP contribution in [0.15, 0.2) is 34.9 Å². The maximum atomic E-state index is 6.26. The predicted molar refractivity (Wildman–Crippen MR) is 122 cm³/mol. The number of nitrogens with zero attached hydrogens (tertiary/aromatic N) is 1. The molecule has 0 saturated heterocycles. The van der Waals surface area contributed by atoms with Gasteiger partial charge in [-0.2, -0.15) is 0 Å². The number of rotatable bonds is 4. The van der Waals surface area contributed by atoms with E-state index in [0.29, 0.717) is 16.0 Å². The molecule has 2 N–H and O–H groups in total. The number of nitrogens with one attached hydrogen (secondary N) is 2. The molecule has 1 fully saturated rings. The first-order valence-corrected chi connectivity index (χ1v) is 11.0. The van der Waals surface area contributed by atoms with Crippen molar-refractivity contribution in [3.8, 4) is 0 Å². The van der Waals surface area contributed by atoms with E-state index in [1.165, 1.54) is 24.8 Å². The number of pyridine rings is 1. The van der Waals surface area contributed by atoms with E-state index < -0.39 is 0 Å². The lowest BCUT2D eigenvalue weighted by atomic mass is 9.69. The first kappa shape index (κ1) is 20.8. The number of hydrogen-bond donors (Lipinski definition) is 2. The maximum absolute atomic E-state index is 6.26. The molecule has 0 bridgehead atoms. The molecule has 1 aliphatic rings. The van der Waals surface area contributed by atoms with Crippen LogP contribution in [0.5, 0.6) is 0 Å². The molecular weight excluding hydrogens is 465 g/mol. The third-order valence-electron chi connectivity index (χ3n) is 5.27. The van der Waals surface area contributed by atoms with Crippen LogP contribution in [-0.4, -0.2) is 16.6 Å². The summed E-state index contributed by atoms with van der Waals surface area (Å²) in [4.78, 5) is 4.33. The van der Waals surface area contributed by atoms with Crippen molar-refractivity contribution in [2.24, 2.45) is 0 Å². The Balaban J connectivity index is 1.72. The van der Waals surface area contributed by atoms with E-state index in [4.69, 9.17) is 35.4 Å². The Labute approximate surface area is 184 Å². The molecule has 0 aliphatic heterocycles. The molecule has 0 unspecified atom stereocenters. The fraction of sp³-hybridized carbons (Fsp3) is 0.400. The summed E-state index contributed by atoms with van der Waals surface area (Å²) in [6, 6.07) is 8.22. The van der Waals surface area contributed by atoms with Gasteiger partial charge in [-0.15, -0.1) is 0 Å². The number of thiocarbonyl (C=S) groups is 1. The average Bonchev–Trinajstić information content (AvgIpc) is 2.68. The Bertz CT molecular complexity index is 838. The fourth-order valence-electron chi connectivity index (χ4n) is 3.66. The van der Waals surface area contributed by atoms with Crippen LogP contribution in [0, 0.1) is 6.92 Å². The van der Waals surface area contributed by atoms with Gasteiger partial charge in [-0.25, -0.2) is 4.98 Å². The maximum Gasteiger partial charge on any atom is 0.172 e. The Morgan fingerprint density at radius 3 is 2.70 bits per heavy atom. The van der Waals surface area contributed by atoms with Crippen molar-refractivity contribution < 1.29 is 0 Å². The van der Waals surface area contributed by atoms with Crippen LogP contribution in [0.4, 0.5) is 5.82 Å². The number of halogens is 3. The molecule has 0 atom stereocenters. The van der Waals surface area contributed by atoms with Crippen LogP contribution in [-0.2, 0) is 5.41 Å². The Hall–Kier alpha value is -0.880. The molecular formula is C20H22BrCl2N3S. The smallest absolute Gasteiger partial charge is 0.172 e. The highest BCUT2D eigenvalue weighted by Crippen LogP contribution is 2.39. The molecule has 3 rings (SSSR count). The van der Waals surface area contributed by atoms with Gasteiger partial charge in [-0.1, -0.05) is 54.6 Å². The molecule has 1 aromatic carbocycles. The first-order valence-electron chi connectivity index (χ1n) is 9.03. The second kappa shape index (κ2) is 9.08. The minimum atomic E-state index is 0.0511. The zero-order valence-electron chi connectivity index (χ0n) is 15.1. The largest absolute Gasteiger partial charge is 0.362 e. The average molecular weight is 487 g/mol. The molecule has 1 saturated carbocycles. The van der Waals surface area contributed by atoms with E-state index in [2.05, 4.69) is 43.7 Å². The fourth-order valence-corrected chi connectivity index (χ4v) is 4.69. The molecule has 27 heavy (non-hydrogen) atoms. The summed E-state index contributed by atoms with van der Waals surface area (Å²) < 4.78 is 0.821. The van der Waals surface area contributed by atoms with Gasteiger partial charge in [0, 0.05) is 23.2 Å². The van der Waals surface area contributed by atoms with E-state index in [0.717, 1.165) is 34.4 Å².